The summed E-state index contributed by atoms with van der Waals surface area (Å²) in [6.07, 6.45) is 3.07. The lowest BCUT2D eigenvalue weighted by molar-refractivity contribution is -0.123. The normalized spacial score (nSPS) is 23.1. The van der Waals surface area contributed by atoms with Crippen LogP contribution in [-0.2, 0) is 9.53 Å². The molecule has 1 aliphatic rings. The summed E-state index contributed by atoms with van der Waals surface area (Å²) in [6.45, 7) is 5.55. The third kappa shape index (κ3) is 4.62. The molecule has 1 fully saturated rings. The highest BCUT2D eigenvalue weighted by molar-refractivity contribution is 5.81. The van der Waals surface area contributed by atoms with E-state index in [1.165, 1.54) is 0 Å². The average molecular weight is 214 g/mol. The molecule has 1 heterocycles. The van der Waals surface area contributed by atoms with Crippen LogP contribution in [0.1, 0.15) is 33.1 Å². The third-order valence-corrected chi connectivity index (χ3v) is 2.59. The summed E-state index contributed by atoms with van der Waals surface area (Å²) in [5, 5.41) is 2.84. The van der Waals surface area contributed by atoms with E-state index in [2.05, 4.69) is 19.2 Å². The van der Waals surface area contributed by atoms with E-state index < -0.39 is 0 Å². The van der Waals surface area contributed by atoms with E-state index in [1.807, 2.05) is 0 Å². The molecule has 4 nitrogen and oxygen atoms in total. The van der Waals surface area contributed by atoms with Crippen LogP contribution in [0.4, 0.5) is 0 Å². The van der Waals surface area contributed by atoms with E-state index in [0.717, 1.165) is 25.9 Å². The number of ether oxygens (including phenoxy) is 1. The first kappa shape index (κ1) is 12.5. The molecule has 3 N–H and O–H groups in total. The maximum absolute atomic E-state index is 11.5. The Bertz CT molecular complexity index is 201. The van der Waals surface area contributed by atoms with Crippen molar-refractivity contribution in [3.8, 4) is 0 Å². The fraction of sp³-hybridized carbons (Fsp3) is 0.909. The third-order valence-electron chi connectivity index (χ3n) is 2.59. The zero-order chi connectivity index (χ0) is 11.3. The minimum absolute atomic E-state index is 0.0563. The second-order valence-corrected chi connectivity index (χ2v) is 4.62. The monoisotopic (exact) mass is 214 g/mol. The van der Waals surface area contributed by atoms with Gasteiger partial charge in [0.15, 0.2) is 0 Å². The molecule has 0 bridgehead atoms. The van der Waals surface area contributed by atoms with Crippen LogP contribution in [0.3, 0.4) is 0 Å². The zero-order valence-electron chi connectivity index (χ0n) is 9.66. The van der Waals surface area contributed by atoms with E-state index in [4.69, 9.17) is 10.5 Å². The smallest absolute Gasteiger partial charge is 0.237 e. The van der Waals surface area contributed by atoms with E-state index in [9.17, 15) is 4.79 Å². The Labute approximate surface area is 91.5 Å². The number of rotatable bonds is 5. The molecule has 1 saturated heterocycles. The Hall–Kier alpha value is -0.610. The number of carbonyl (C=O) groups is 1. The molecule has 0 aromatic heterocycles. The first-order chi connectivity index (χ1) is 7.09. The number of nitrogens with one attached hydrogen (secondary N) is 1. The van der Waals surface area contributed by atoms with Gasteiger partial charge < -0.3 is 15.8 Å². The van der Waals surface area contributed by atoms with Gasteiger partial charge in [-0.15, -0.1) is 0 Å². The molecule has 1 aliphatic heterocycles. The van der Waals surface area contributed by atoms with Crippen molar-refractivity contribution in [1.29, 1.82) is 0 Å². The molecule has 0 aliphatic carbocycles. The van der Waals surface area contributed by atoms with Gasteiger partial charge in [0.05, 0.1) is 12.1 Å². The van der Waals surface area contributed by atoms with Gasteiger partial charge in [-0.3, -0.25) is 4.79 Å². The summed E-state index contributed by atoms with van der Waals surface area (Å²) >= 11 is 0. The van der Waals surface area contributed by atoms with Gasteiger partial charge in [-0.25, -0.2) is 0 Å². The second-order valence-electron chi connectivity index (χ2n) is 4.62. The number of hydrogen-bond acceptors (Lipinski definition) is 3. The minimum Gasteiger partial charge on any atom is -0.376 e. The Balaban J connectivity index is 2.16. The van der Waals surface area contributed by atoms with Crippen molar-refractivity contribution >= 4 is 5.91 Å². The Morgan fingerprint density at radius 1 is 1.60 bits per heavy atom. The molecule has 0 saturated carbocycles. The molecule has 0 unspecified atom stereocenters. The molecule has 1 rings (SSSR count). The molecule has 88 valence electrons. The molecule has 2 atom stereocenters. The van der Waals surface area contributed by atoms with Gasteiger partial charge in [0.1, 0.15) is 0 Å². The molecular formula is C11H22N2O2. The Kier molecular flexibility index (Phi) is 5.05. The van der Waals surface area contributed by atoms with Crippen LogP contribution >= 0.6 is 0 Å². The van der Waals surface area contributed by atoms with Gasteiger partial charge in [0.25, 0.3) is 0 Å². The second kappa shape index (κ2) is 6.08. The highest BCUT2D eigenvalue weighted by Gasteiger charge is 2.19. The zero-order valence-corrected chi connectivity index (χ0v) is 9.66. The quantitative estimate of drug-likeness (QED) is 0.706. The Morgan fingerprint density at radius 3 is 2.87 bits per heavy atom. The van der Waals surface area contributed by atoms with Crippen LogP contribution in [0.2, 0.25) is 0 Å². The van der Waals surface area contributed by atoms with Crippen LogP contribution < -0.4 is 11.1 Å². The lowest BCUT2D eigenvalue weighted by Crippen LogP contribution is -2.43. The fourth-order valence-corrected chi connectivity index (χ4v) is 1.77. The highest BCUT2D eigenvalue weighted by Crippen LogP contribution is 2.10. The summed E-state index contributed by atoms with van der Waals surface area (Å²) in [6, 6.07) is -0.383. The molecule has 0 aromatic carbocycles. The van der Waals surface area contributed by atoms with Gasteiger partial charge in [-0.1, -0.05) is 13.8 Å². The average Bonchev–Trinajstić information content (AvgIpc) is 2.65. The maximum atomic E-state index is 11.5. The number of nitrogens with two attached hydrogens (primary N) is 1. The number of carbonyl (C=O) groups excluding carboxylic acids is 1. The standard InChI is InChI=1S/C11H22N2O2/c1-8(2)6-10(12)11(14)13-7-9-4-3-5-15-9/h8-10H,3-7,12H2,1-2H3,(H,13,14)/t9-,10-/m1/s1. The highest BCUT2D eigenvalue weighted by atomic mass is 16.5. The van der Waals surface area contributed by atoms with E-state index in [0.29, 0.717) is 12.5 Å². The number of hydrogen-bond donors (Lipinski definition) is 2. The molecule has 4 heteroatoms. The fourth-order valence-electron chi connectivity index (χ4n) is 1.77. The van der Waals surface area contributed by atoms with Crippen LogP contribution in [0.15, 0.2) is 0 Å². The minimum atomic E-state index is -0.383. The molecule has 0 radical (unpaired) electrons. The van der Waals surface area contributed by atoms with Gasteiger partial charge in [-0.05, 0) is 25.2 Å². The predicted octanol–water partition coefficient (Wildman–Crippen LogP) is 0.655. The summed E-state index contributed by atoms with van der Waals surface area (Å²) < 4.78 is 5.41. The van der Waals surface area contributed by atoms with Gasteiger partial charge in [-0.2, -0.15) is 0 Å². The predicted molar refractivity (Wildman–Crippen MR) is 59.4 cm³/mol. The lowest BCUT2D eigenvalue weighted by atomic mass is 10.0. The topological polar surface area (TPSA) is 64.4 Å². The SMILES string of the molecule is CC(C)C[C@@H](N)C(=O)NC[C@H]1CCCO1. The molecule has 0 spiro atoms. The van der Waals surface area contributed by atoms with Crippen molar-refractivity contribution in [1.82, 2.24) is 5.32 Å². The van der Waals surface area contributed by atoms with Crippen molar-refractivity contribution in [2.45, 2.75) is 45.3 Å². The van der Waals surface area contributed by atoms with E-state index >= 15 is 0 Å². The molecule has 15 heavy (non-hydrogen) atoms. The van der Waals surface area contributed by atoms with Crippen molar-refractivity contribution in [2.24, 2.45) is 11.7 Å². The number of amides is 1. The van der Waals surface area contributed by atoms with Crippen molar-refractivity contribution in [2.75, 3.05) is 13.2 Å². The van der Waals surface area contributed by atoms with Gasteiger partial charge >= 0.3 is 0 Å². The summed E-state index contributed by atoms with van der Waals surface area (Å²) in [4.78, 5) is 11.5. The summed E-state index contributed by atoms with van der Waals surface area (Å²) in [5.41, 5.74) is 5.75. The molecular weight excluding hydrogens is 192 g/mol. The first-order valence-electron chi connectivity index (χ1n) is 5.74. The van der Waals surface area contributed by atoms with E-state index in [1.54, 1.807) is 0 Å². The van der Waals surface area contributed by atoms with Crippen LogP contribution in [0, 0.1) is 5.92 Å². The van der Waals surface area contributed by atoms with Crippen LogP contribution in [0.5, 0.6) is 0 Å². The lowest BCUT2D eigenvalue weighted by Gasteiger charge is -2.16. The Morgan fingerprint density at radius 2 is 2.33 bits per heavy atom. The largest absolute Gasteiger partial charge is 0.376 e. The summed E-state index contributed by atoms with van der Waals surface area (Å²) in [5.74, 6) is 0.396. The summed E-state index contributed by atoms with van der Waals surface area (Å²) in [7, 11) is 0. The first-order valence-corrected chi connectivity index (χ1v) is 5.74. The van der Waals surface area contributed by atoms with Gasteiger partial charge in [0.2, 0.25) is 5.91 Å². The maximum Gasteiger partial charge on any atom is 0.237 e. The molecule has 0 aromatic rings. The van der Waals surface area contributed by atoms with Crippen LogP contribution in [0.25, 0.3) is 0 Å². The van der Waals surface area contributed by atoms with Crippen molar-refractivity contribution < 1.29 is 9.53 Å². The van der Waals surface area contributed by atoms with Crippen LogP contribution in [-0.4, -0.2) is 31.2 Å². The van der Waals surface area contributed by atoms with E-state index in [-0.39, 0.29) is 18.1 Å². The van der Waals surface area contributed by atoms with Crippen molar-refractivity contribution in [3.05, 3.63) is 0 Å². The van der Waals surface area contributed by atoms with Crippen molar-refractivity contribution in [3.63, 3.8) is 0 Å². The molecule has 1 amide bonds. The van der Waals surface area contributed by atoms with Gasteiger partial charge in [0, 0.05) is 13.2 Å².